The highest BCUT2D eigenvalue weighted by Gasteiger charge is 2.36. The van der Waals surface area contributed by atoms with Crippen LogP contribution in [-0.4, -0.2) is 59.5 Å². The van der Waals surface area contributed by atoms with Gasteiger partial charge >= 0.3 is 11.9 Å². The summed E-state index contributed by atoms with van der Waals surface area (Å²) in [6.07, 6.45) is 4.08. The van der Waals surface area contributed by atoms with Gasteiger partial charge in [-0.05, 0) is 102 Å². The largest absolute Gasteiger partial charge is 0.489 e. The molecule has 1 atom stereocenters. The summed E-state index contributed by atoms with van der Waals surface area (Å²) in [5, 5.41) is 15.6. The van der Waals surface area contributed by atoms with Crippen molar-refractivity contribution in [2.45, 2.75) is 32.0 Å². The number of carbonyl (C=O) groups is 2. The van der Waals surface area contributed by atoms with Crippen LogP contribution in [0.25, 0.3) is 0 Å². The summed E-state index contributed by atoms with van der Waals surface area (Å²) >= 11 is 2.41. The van der Waals surface area contributed by atoms with Crippen molar-refractivity contribution in [3.8, 4) is 5.75 Å². The van der Waals surface area contributed by atoms with Crippen LogP contribution in [0.4, 0.5) is 11.4 Å². The van der Waals surface area contributed by atoms with Crippen LogP contribution in [0, 0.1) is 9.49 Å². The first kappa shape index (κ1) is 23.9. The fraction of sp³-hybridized carbons (Fsp3) is 0.385. The Morgan fingerprint density at radius 3 is 2.09 bits per heavy atom. The molecule has 5 aliphatic heterocycles. The maximum atomic E-state index is 9.55. The van der Waals surface area contributed by atoms with Gasteiger partial charge in [-0.15, -0.1) is 0 Å². The maximum absolute atomic E-state index is 9.55. The lowest BCUT2D eigenvalue weighted by Crippen LogP contribution is -2.52. The molecule has 2 N–H and O–H groups in total. The first-order chi connectivity index (χ1) is 16.9. The molecule has 4 bridgehead atoms. The number of piperidine rings is 3. The topological polar surface area (TPSA) is 93.5 Å². The standard InChI is InChI=1S/C22H24IN3O.C4H4O4/c23-18-1-3-20-16(9-18)11-25-14-26(20)12-17-10-19(2-4-21(17)25)27-22-13-24-7-5-15(22)6-8-24;5-3(6)1-2-4(7)8/h1-4,9-10,15,22H,5-8,11-14H2;1-2H,(H,5,6)(H,7,8). The number of hydrogen-bond acceptors (Lipinski definition) is 6. The van der Waals surface area contributed by atoms with Crippen LogP contribution < -0.4 is 14.5 Å². The number of fused-ring (bicyclic) bond motifs is 9. The second kappa shape index (κ2) is 10.1. The molecule has 3 saturated heterocycles. The van der Waals surface area contributed by atoms with Crippen molar-refractivity contribution in [2.24, 2.45) is 5.92 Å². The van der Waals surface area contributed by atoms with E-state index in [-0.39, 0.29) is 0 Å². The van der Waals surface area contributed by atoms with Crippen LogP contribution in [0.3, 0.4) is 0 Å². The zero-order valence-corrected chi connectivity index (χ0v) is 21.4. The highest BCUT2D eigenvalue weighted by Crippen LogP contribution is 2.40. The zero-order chi connectivity index (χ0) is 24.5. The van der Waals surface area contributed by atoms with Crippen molar-refractivity contribution in [3.63, 3.8) is 0 Å². The molecule has 184 valence electrons. The predicted molar refractivity (Wildman–Crippen MR) is 141 cm³/mol. The molecular formula is C26H28IN3O5. The molecular weight excluding hydrogens is 561 g/mol. The molecule has 2 aromatic rings. The number of aliphatic carboxylic acids is 2. The maximum Gasteiger partial charge on any atom is 0.328 e. The highest BCUT2D eigenvalue weighted by molar-refractivity contribution is 14.1. The van der Waals surface area contributed by atoms with E-state index in [9.17, 15) is 9.59 Å². The molecule has 9 heteroatoms. The van der Waals surface area contributed by atoms with E-state index in [1.165, 1.54) is 52.0 Å². The van der Waals surface area contributed by atoms with Crippen molar-refractivity contribution in [2.75, 3.05) is 36.1 Å². The van der Waals surface area contributed by atoms with Crippen LogP contribution >= 0.6 is 22.6 Å². The fourth-order valence-corrected chi connectivity index (χ4v) is 6.02. The van der Waals surface area contributed by atoms with Gasteiger partial charge in [0.15, 0.2) is 0 Å². The van der Waals surface area contributed by atoms with Crippen molar-refractivity contribution in [1.29, 1.82) is 0 Å². The van der Waals surface area contributed by atoms with Gasteiger partial charge in [0.1, 0.15) is 11.9 Å². The number of benzene rings is 2. The monoisotopic (exact) mass is 589 g/mol. The molecule has 0 aliphatic carbocycles. The summed E-state index contributed by atoms with van der Waals surface area (Å²) in [7, 11) is 0. The number of anilines is 2. The van der Waals surface area contributed by atoms with Gasteiger partial charge in [-0.1, -0.05) is 0 Å². The Labute approximate surface area is 217 Å². The van der Waals surface area contributed by atoms with E-state index in [1.54, 1.807) is 0 Å². The second-order valence-electron chi connectivity index (χ2n) is 9.41. The molecule has 0 amide bonds. The van der Waals surface area contributed by atoms with E-state index in [4.69, 9.17) is 14.9 Å². The molecule has 2 aromatic carbocycles. The number of nitrogens with zero attached hydrogens (tertiary/aromatic N) is 3. The second-order valence-corrected chi connectivity index (χ2v) is 10.7. The van der Waals surface area contributed by atoms with Crippen molar-refractivity contribution >= 4 is 45.9 Å². The average Bonchev–Trinajstić information content (AvgIpc) is 2.84. The predicted octanol–water partition coefficient (Wildman–Crippen LogP) is 3.77. The van der Waals surface area contributed by atoms with Gasteiger partial charge in [-0.2, -0.15) is 0 Å². The Morgan fingerprint density at radius 1 is 0.914 bits per heavy atom. The average molecular weight is 589 g/mol. The lowest BCUT2D eigenvalue weighted by molar-refractivity contribution is -0.134. The third-order valence-electron chi connectivity index (χ3n) is 7.09. The molecule has 35 heavy (non-hydrogen) atoms. The minimum atomic E-state index is -1.26. The number of ether oxygens (including phenoxy) is 1. The first-order valence-corrected chi connectivity index (χ1v) is 12.9. The summed E-state index contributed by atoms with van der Waals surface area (Å²) in [5.74, 6) is -0.718. The third kappa shape index (κ3) is 5.40. The molecule has 7 rings (SSSR count). The Bertz CT molecular complexity index is 1150. The van der Waals surface area contributed by atoms with Crippen LogP contribution in [0.2, 0.25) is 0 Å². The number of rotatable bonds is 4. The number of carboxylic acids is 2. The summed E-state index contributed by atoms with van der Waals surface area (Å²) in [4.78, 5) is 26.7. The molecule has 8 nitrogen and oxygen atoms in total. The Balaban J connectivity index is 0.000000277. The summed E-state index contributed by atoms with van der Waals surface area (Å²) < 4.78 is 7.80. The minimum Gasteiger partial charge on any atom is -0.489 e. The summed E-state index contributed by atoms with van der Waals surface area (Å²) in [6, 6.07) is 13.6. The molecule has 0 spiro atoms. The van der Waals surface area contributed by atoms with Crippen molar-refractivity contribution in [1.82, 2.24) is 4.90 Å². The number of hydrogen-bond donors (Lipinski definition) is 2. The van der Waals surface area contributed by atoms with Gasteiger partial charge in [0.25, 0.3) is 0 Å². The van der Waals surface area contributed by atoms with E-state index in [2.05, 4.69) is 73.7 Å². The normalized spacial score (nSPS) is 23.7. The number of carboxylic acid groups (broad SMARTS) is 2. The van der Waals surface area contributed by atoms with Gasteiger partial charge in [0.2, 0.25) is 0 Å². The highest BCUT2D eigenvalue weighted by atomic mass is 127. The van der Waals surface area contributed by atoms with Crippen LogP contribution in [0.5, 0.6) is 5.75 Å². The minimum absolute atomic E-state index is 0.372. The van der Waals surface area contributed by atoms with Gasteiger partial charge in [-0.3, -0.25) is 4.90 Å². The number of halogens is 1. The van der Waals surface area contributed by atoms with Gasteiger partial charge in [-0.25, -0.2) is 9.59 Å². The zero-order valence-electron chi connectivity index (χ0n) is 19.3. The fourth-order valence-electron chi connectivity index (χ4n) is 5.46. The molecule has 3 fully saturated rings. The van der Waals surface area contributed by atoms with Gasteiger partial charge in [0, 0.05) is 46.7 Å². The van der Waals surface area contributed by atoms with Crippen LogP contribution in [-0.2, 0) is 22.7 Å². The molecule has 0 radical (unpaired) electrons. The molecule has 5 aliphatic rings. The third-order valence-corrected chi connectivity index (χ3v) is 7.76. The Kier molecular flexibility index (Phi) is 6.88. The molecule has 0 aromatic heterocycles. The molecule has 5 heterocycles. The van der Waals surface area contributed by atoms with Crippen molar-refractivity contribution in [3.05, 3.63) is 63.2 Å². The van der Waals surface area contributed by atoms with E-state index < -0.39 is 11.9 Å². The summed E-state index contributed by atoms with van der Waals surface area (Å²) in [5.41, 5.74) is 5.59. The van der Waals surface area contributed by atoms with Crippen LogP contribution in [0.15, 0.2) is 48.6 Å². The van der Waals surface area contributed by atoms with E-state index in [0.29, 0.717) is 18.3 Å². The lowest BCUT2D eigenvalue weighted by atomic mass is 9.86. The first-order valence-electron chi connectivity index (χ1n) is 11.8. The van der Waals surface area contributed by atoms with E-state index >= 15 is 0 Å². The SMILES string of the molecule is Ic1ccc2c(c1)CN1CN2Cc2cc(OC3CN4CCC3CC4)ccc21.O=C(O)C=CC(=O)O. The quantitative estimate of drug-likeness (QED) is 0.412. The Hall–Kier alpha value is -2.79. The molecule has 0 saturated carbocycles. The lowest BCUT2D eigenvalue weighted by Gasteiger charge is -2.45. The summed E-state index contributed by atoms with van der Waals surface area (Å²) in [6.45, 7) is 6.58. The van der Waals surface area contributed by atoms with Crippen molar-refractivity contribution < 1.29 is 24.5 Å². The molecule has 1 unspecified atom stereocenters. The van der Waals surface area contributed by atoms with E-state index in [1.807, 2.05) is 0 Å². The van der Waals surface area contributed by atoms with Crippen LogP contribution in [0.1, 0.15) is 24.0 Å². The van der Waals surface area contributed by atoms with Gasteiger partial charge < -0.3 is 24.7 Å². The smallest absolute Gasteiger partial charge is 0.328 e. The Morgan fingerprint density at radius 2 is 1.51 bits per heavy atom. The van der Waals surface area contributed by atoms with E-state index in [0.717, 1.165) is 38.0 Å². The van der Waals surface area contributed by atoms with Gasteiger partial charge in [0.05, 0.1) is 6.67 Å².